The number of hydrogen-bond acceptors (Lipinski definition) is 3. The summed E-state index contributed by atoms with van der Waals surface area (Å²) in [6.45, 7) is 0.0845. The average Bonchev–Trinajstić information content (AvgIpc) is 1.93. The van der Waals surface area contributed by atoms with Gasteiger partial charge in [-0.3, -0.25) is 4.55 Å². The summed E-state index contributed by atoms with van der Waals surface area (Å²) in [6, 6.07) is 0. The summed E-state index contributed by atoms with van der Waals surface area (Å²) in [5.74, 6) is 0. The summed E-state index contributed by atoms with van der Waals surface area (Å²) < 4.78 is 68.3. The van der Waals surface area contributed by atoms with E-state index >= 15 is 0 Å². The average molecular weight is 236 g/mol. The third kappa shape index (κ3) is 7.10. The van der Waals surface area contributed by atoms with Crippen LogP contribution in [0.1, 0.15) is 13.3 Å². The Bertz CT molecular complexity index is 259. The smallest absolute Gasteiger partial charge is 0.380 e. The van der Waals surface area contributed by atoms with Gasteiger partial charge in [0.05, 0.1) is 19.6 Å². The number of hydrogen-bond donors (Lipinski definition) is 1. The molecule has 1 unspecified atom stereocenters. The Morgan fingerprint density at radius 3 is 2.29 bits per heavy atom. The fourth-order valence-electron chi connectivity index (χ4n) is 0.523. The van der Waals surface area contributed by atoms with Crippen molar-refractivity contribution in [1.29, 1.82) is 0 Å². The normalized spacial score (nSPS) is 15.5. The highest BCUT2D eigenvalue weighted by atomic mass is 32.2. The second-order valence-electron chi connectivity index (χ2n) is 2.77. The largest absolute Gasteiger partial charge is 0.391 e. The molecule has 1 atom stereocenters. The molecule has 4 nitrogen and oxygen atoms in total. The minimum atomic E-state index is -4.32. The fourth-order valence-corrected chi connectivity index (χ4v) is 0.791. The number of alkyl halides is 3. The third-order valence-electron chi connectivity index (χ3n) is 1.39. The van der Waals surface area contributed by atoms with E-state index in [2.05, 4.69) is 4.74 Å². The fraction of sp³-hybridized carbons (Fsp3) is 1.00. The maximum atomic E-state index is 11.6. The molecule has 0 fully saturated rings. The maximum absolute atomic E-state index is 11.6. The second kappa shape index (κ2) is 4.94. The SMILES string of the molecule is CC(COCCC(F)(F)F)S(=O)(=O)O. The first-order valence-electron chi connectivity index (χ1n) is 3.74. The standard InChI is InChI=1S/C6H11F3O4S/c1-5(14(10,11)12)4-13-3-2-6(7,8)9/h5H,2-4H2,1H3,(H,10,11,12). The highest BCUT2D eigenvalue weighted by molar-refractivity contribution is 7.86. The van der Waals surface area contributed by atoms with E-state index in [-0.39, 0.29) is 0 Å². The molecule has 0 aliphatic heterocycles. The van der Waals surface area contributed by atoms with Crippen molar-refractivity contribution in [3.63, 3.8) is 0 Å². The molecular weight excluding hydrogens is 225 g/mol. The molecular formula is C6H11F3O4S. The Morgan fingerprint density at radius 1 is 1.43 bits per heavy atom. The van der Waals surface area contributed by atoms with Gasteiger partial charge in [-0.1, -0.05) is 0 Å². The van der Waals surface area contributed by atoms with E-state index < -0.39 is 41.2 Å². The van der Waals surface area contributed by atoms with E-state index in [1.165, 1.54) is 0 Å². The Morgan fingerprint density at radius 2 is 1.93 bits per heavy atom. The minimum Gasteiger partial charge on any atom is -0.380 e. The molecule has 0 radical (unpaired) electrons. The molecule has 0 aromatic carbocycles. The zero-order chi connectivity index (χ0) is 11.4. The van der Waals surface area contributed by atoms with Crippen molar-refractivity contribution in [2.75, 3.05) is 13.2 Å². The van der Waals surface area contributed by atoms with Gasteiger partial charge in [0.15, 0.2) is 0 Å². The predicted molar refractivity (Wildman–Crippen MR) is 42.5 cm³/mol. The van der Waals surface area contributed by atoms with Crippen molar-refractivity contribution in [2.45, 2.75) is 24.8 Å². The molecule has 86 valence electrons. The lowest BCUT2D eigenvalue weighted by Gasteiger charge is -2.10. The van der Waals surface area contributed by atoms with E-state index in [1.54, 1.807) is 0 Å². The number of ether oxygens (including phenoxy) is 1. The highest BCUT2D eigenvalue weighted by Gasteiger charge is 2.27. The zero-order valence-corrected chi connectivity index (χ0v) is 8.23. The lowest BCUT2D eigenvalue weighted by molar-refractivity contribution is -0.145. The van der Waals surface area contributed by atoms with Gasteiger partial charge >= 0.3 is 6.18 Å². The molecule has 0 spiro atoms. The van der Waals surface area contributed by atoms with Crippen LogP contribution < -0.4 is 0 Å². The molecule has 1 N–H and O–H groups in total. The Hall–Kier alpha value is -0.340. The van der Waals surface area contributed by atoms with Crippen molar-refractivity contribution in [3.8, 4) is 0 Å². The van der Waals surface area contributed by atoms with Crippen LogP contribution in [0.25, 0.3) is 0 Å². The summed E-state index contributed by atoms with van der Waals surface area (Å²) in [4.78, 5) is 0. The van der Waals surface area contributed by atoms with Crippen LogP contribution in [0.2, 0.25) is 0 Å². The summed E-state index contributed by atoms with van der Waals surface area (Å²) in [7, 11) is -4.23. The van der Waals surface area contributed by atoms with Gasteiger partial charge in [0.2, 0.25) is 0 Å². The zero-order valence-electron chi connectivity index (χ0n) is 7.41. The first-order chi connectivity index (χ1) is 6.13. The quantitative estimate of drug-likeness (QED) is 0.576. The van der Waals surface area contributed by atoms with Crippen LogP contribution in [0, 0.1) is 0 Å². The first-order valence-corrected chi connectivity index (χ1v) is 5.24. The molecule has 0 rings (SSSR count). The maximum Gasteiger partial charge on any atom is 0.391 e. The molecule has 0 aliphatic rings. The molecule has 0 aliphatic carbocycles. The summed E-state index contributed by atoms with van der Waals surface area (Å²) in [6.07, 6.45) is -5.45. The topological polar surface area (TPSA) is 63.6 Å². The van der Waals surface area contributed by atoms with Gasteiger partial charge in [0.25, 0.3) is 10.1 Å². The number of rotatable bonds is 5. The molecule has 0 bridgehead atoms. The Labute approximate surface area is 79.8 Å². The van der Waals surface area contributed by atoms with E-state index in [9.17, 15) is 21.6 Å². The molecule has 0 aromatic rings. The molecule has 0 heterocycles. The molecule has 8 heteroatoms. The lowest BCUT2D eigenvalue weighted by Crippen LogP contribution is -2.23. The van der Waals surface area contributed by atoms with Crippen LogP contribution in [0.15, 0.2) is 0 Å². The summed E-state index contributed by atoms with van der Waals surface area (Å²) in [5.41, 5.74) is 0. The van der Waals surface area contributed by atoms with Gasteiger partial charge < -0.3 is 4.74 Å². The van der Waals surface area contributed by atoms with Crippen molar-refractivity contribution >= 4 is 10.1 Å². The first kappa shape index (κ1) is 13.7. The molecule has 0 amide bonds. The molecule has 0 saturated heterocycles. The minimum absolute atomic E-state index is 0.449. The van der Waals surface area contributed by atoms with E-state index in [1.807, 2.05) is 0 Å². The Balaban J connectivity index is 3.67. The molecule has 14 heavy (non-hydrogen) atoms. The van der Waals surface area contributed by atoms with Crippen LogP contribution >= 0.6 is 0 Å². The van der Waals surface area contributed by atoms with Crippen LogP contribution in [0.5, 0.6) is 0 Å². The van der Waals surface area contributed by atoms with Crippen molar-refractivity contribution < 1.29 is 30.9 Å². The Kier molecular flexibility index (Phi) is 4.82. The van der Waals surface area contributed by atoms with Crippen LogP contribution in [-0.2, 0) is 14.9 Å². The van der Waals surface area contributed by atoms with Gasteiger partial charge in [0.1, 0.15) is 5.25 Å². The summed E-state index contributed by atoms with van der Waals surface area (Å²) >= 11 is 0. The monoisotopic (exact) mass is 236 g/mol. The second-order valence-corrected chi connectivity index (χ2v) is 4.60. The number of halogens is 3. The van der Waals surface area contributed by atoms with Gasteiger partial charge in [-0.15, -0.1) is 0 Å². The highest BCUT2D eigenvalue weighted by Crippen LogP contribution is 2.19. The lowest BCUT2D eigenvalue weighted by atomic mass is 10.4. The molecule has 0 aromatic heterocycles. The van der Waals surface area contributed by atoms with Crippen molar-refractivity contribution in [2.24, 2.45) is 0 Å². The third-order valence-corrected chi connectivity index (χ3v) is 2.54. The van der Waals surface area contributed by atoms with E-state index in [4.69, 9.17) is 4.55 Å². The van der Waals surface area contributed by atoms with Gasteiger partial charge in [-0.25, -0.2) is 0 Å². The van der Waals surface area contributed by atoms with Crippen LogP contribution in [-0.4, -0.2) is 37.6 Å². The van der Waals surface area contributed by atoms with E-state index in [0.29, 0.717) is 0 Å². The van der Waals surface area contributed by atoms with E-state index in [0.717, 1.165) is 6.92 Å². The summed E-state index contributed by atoms with van der Waals surface area (Å²) in [5, 5.41) is -1.21. The van der Waals surface area contributed by atoms with Gasteiger partial charge in [-0.2, -0.15) is 21.6 Å². The van der Waals surface area contributed by atoms with Gasteiger partial charge in [0, 0.05) is 0 Å². The van der Waals surface area contributed by atoms with Crippen LogP contribution in [0.3, 0.4) is 0 Å². The van der Waals surface area contributed by atoms with Crippen LogP contribution in [0.4, 0.5) is 13.2 Å². The molecule has 0 saturated carbocycles. The predicted octanol–water partition coefficient (Wildman–Crippen LogP) is 1.23. The van der Waals surface area contributed by atoms with Gasteiger partial charge in [-0.05, 0) is 6.92 Å². The van der Waals surface area contributed by atoms with Crippen molar-refractivity contribution in [1.82, 2.24) is 0 Å². The van der Waals surface area contributed by atoms with Crippen molar-refractivity contribution in [3.05, 3.63) is 0 Å².